The first kappa shape index (κ1) is 12.0. The van der Waals surface area contributed by atoms with E-state index >= 15 is 0 Å². The molecule has 0 fully saturated rings. The van der Waals surface area contributed by atoms with Crippen LogP contribution in [0.3, 0.4) is 0 Å². The van der Waals surface area contributed by atoms with Gasteiger partial charge in [-0.2, -0.15) is 0 Å². The van der Waals surface area contributed by atoms with Gasteiger partial charge in [0.05, 0.1) is 5.34 Å². The van der Waals surface area contributed by atoms with Crippen molar-refractivity contribution < 1.29 is 24.5 Å². The summed E-state index contributed by atoms with van der Waals surface area (Å²) in [7, 11) is 0. The van der Waals surface area contributed by atoms with Crippen LogP contribution in [0.1, 0.15) is 0 Å². The molecule has 7 heteroatoms. The minimum absolute atomic E-state index is 0.194. The molecule has 0 heterocycles. The zero-order valence-corrected chi connectivity index (χ0v) is 6.09. The Kier molecular flexibility index (Phi) is 10.0. The monoisotopic (exact) mass is 190 g/mol. The number of alkyl halides is 2. The van der Waals surface area contributed by atoms with E-state index in [1.54, 1.807) is 0 Å². The average Bonchev–Trinajstić information content (AvgIpc) is 1.62. The van der Waals surface area contributed by atoms with E-state index in [-0.39, 0.29) is 5.34 Å². The van der Waals surface area contributed by atoms with Gasteiger partial charge in [-0.1, -0.05) is 0 Å². The Morgan fingerprint density at radius 3 is 1.40 bits per heavy atom. The Morgan fingerprint density at radius 1 is 1.20 bits per heavy atom. The predicted molar refractivity (Wildman–Crippen MR) is 33.7 cm³/mol. The van der Waals surface area contributed by atoms with Crippen molar-refractivity contribution in [2.24, 2.45) is 0 Å². The van der Waals surface area contributed by atoms with Crippen molar-refractivity contribution in [3.8, 4) is 0 Å². The van der Waals surface area contributed by atoms with E-state index in [1.165, 1.54) is 0 Å². The summed E-state index contributed by atoms with van der Waals surface area (Å²) in [6.45, 7) is 0. The van der Waals surface area contributed by atoms with Gasteiger partial charge in [-0.3, -0.25) is 0 Å². The second-order valence-corrected chi connectivity index (χ2v) is 1.54. The summed E-state index contributed by atoms with van der Waals surface area (Å²) < 4.78 is 3.08. The summed E-state index contributed by atoms with van der Waals surface area (Å²) in [5.74, 6) is 0. The molecule has 0 saturated carbocycles. The first-order valence-electron chi connectivity index (χ1n) is 1.80. The molecule has 0 bridgehead atoms. The van der Waals surface area contributed by atoms with E-state index in [0.717, 1.165) is 0 Å². The Morgan fingerprint density at radius 2 is 1.40 bits per heavy atom. The number of hydrogen-bond acceptors (Lipinski definition) is 3. The van der Waals surface area contributed by atoms with E-state index in [0.29, 0.717) is 0 Å². The zero-order chi connectivity index (χ0) is 8.57. The summed E-state index contributed by atoms with van der Waals surface area (Å²) >= 11 is 9.53. The van der Waals surface area contributed by atoms with Gasteiger partial charge in [-0.05, 0) is 0 Å². The zero-order valence-electron chi connectivity index (χ0n) is 4.58. The third-order valence-electron chi connectivity index (χ3n) is 0.175. The molecule has 0 rings (SSSR count). The third kappa shape index (κ3) is 26.5. The van der Waals surface area contributed by atoms with Crippen LogP contribution in [0.4, 0.5) is 9.59 Å². The molecule has 0 aliphatic heterocycles. The molecular weight excluding hydrogens is 187 g/mol. The SMILES string of the molecule is ClCCl.O=C(O)OC(=O)O. The Labute approximate surface area is 66.1 Å². The number of halogens is 2. The van der Waals surface area contributed by atoms with E-state index in [4.69, 9.17) is 33.4 Å². The van der Waals surface area contributed by atoms with Crippen molar-refractivity contribution in [1.29, 1.82) is 0 Å². The van der Waals surface area contributed by atoms with Crippen LogP contribution in [0, 0.1) is 0 Å². The second-order valence-electron chi connectivity index (χ2n) is 0.735. The lowest BCUT2D eigenvalue weighted by Gasteiger charge is -1.84. The molecule has 0 aromatic heterocycles. The molecule has 0 amide bonds. The average molecular weight is 191 g/mol. The highest BCUT2D eigenvalue weighted by Crippen LogP contribution is 1.74. The smallest absolute Gasteiger partial charge is 0.449 e. The quantitative estimate of drug-likeness (QED) is 0.346. The standard InChI is InChI=1S/C2H2O5.CH2Cl2/c3-1(4)7-2(5)6;2-1-3/h(H,3,4)(H,5,6);1H2. The molecule has 0 aromatic rings. The first-order valence-corrected chi connectivity index (χ1v) is 2.87. The van der Waals surface area contributed by atoms with E-state index in [1.807, 2.05) is 0 Å². The largest absolute Gasteiger partial charge is 0.516 e. The van der Waals surface area contributed by atoms with Crippen LogP contribution in [0.25, 0.3) is 0 Å². The Balaban J connectivity index is 0. The van der Waals surface area contributed by atoms with Crippen molar-refractivity contribution in [2.45, 2.75) is 0 Å². The van der Waals surface area contributed by atoms with Crippen molar-refractivity contribution in [3.63, 3.8) is 0 Å². The van der Waals surface area contributed by atoms with Gasteiger partial charge in [0, 0.05) is 0 Å². The van der Waals surface area contributed by atoms with Crippen LogP contribution < -0.4 is 0 Å². The molecule has 0 saturated heterocycles. The van der Waals surface area contributed by atoms with E-state index < -0.39 is 12.3 Å². The van der Waals surface area contributed by atoms with Crippen LogP contribution in [0.15, 0.2) is 0 Å². The maximum Gasteiger partial charge on any atom is 0.516 e. The molecule has 2 N–H and O–H groups in total. The van der Waals surface area contributed by atoms with Gasteiger partial charge in [0.1, 0.15) is 0 Å². The lowest BCUT2D eigenvalue weighted by atomic mass is 11.3. The van der Waals surface area contributed by atoms with Crippen LogP contribution in [-0.2, 0) is 4.74 Å². The van der Waals surface area contributed by atoms with E-state index in [2.05, 4.69) is 4.74 Å². The van der Waals surface area contributed by atoms with Crippen molar-refractivity contribution in [1.82, 2.24) is 0 Å². The van der Waals surface area contributed by atoms with Crippen LogP contribution in [0.2, 0.25) is 0 Å². The highest BCUT2D eigenvalue weighted by atomic mass is 35.5. The number of ether oxygens (including phenoxy) is 1. The summed E-state index contributed by atoms with van der Waals surface area (Å²) in [6.07, 6.45) is -3.62. The van der Waals surface area contributed by atoms with Crippen molar-refractivity contribution >= 4 is 35.5 Å². The van der Waals surface area contributed by atoms with Gasteiger partial charge < -0.3 is 14.9 Å². The highest BCUT2D eigenvalue weighted by molar-refractivity contribution is 6.40. The van der Waals surface area contributed by atoms with Crippen LogP contribution in [0.5, 0.6) is 0 Å². The second kappa shape index (κ2) is 8.32. The van der Waals surface area contributed by atoms with Crippen LogP contribution in [-0.4, -0.2) is 27.9 Å². The highest BCUT2D eigenvalue weighted by Gasteiger charge is 2.01. The molecule has 10 heavy (non-hydrogen) atoms. The number of carbonyl (C=O) groups is 2. The predicted octanol–water partition coefficient (Wildman–Crippen LogP) is 1.78. The van der Waals surface area contributed by atoms with E-state index in [9.17, 15) is 9.59 Å². The normalized spacial score (nSPS) is 7.00. The minimum atomic E-state index is -1.81. The molecule has 0 aliphatic carbocycles. The molecular formula is C3H4Cl2O5. The number of rotatable bonds is 0. The summed E-state index contributed by atoms with van der Waals surface area (Å²) in [5.41, 5.74) is 0. The summed E-state index contributed by atoms with van der Waals surface area (Å²) in [4.78, 5) is 18.4. The molecule has 0 unspecified atom stereocenters. The van der Waals surface area contributed by atoms with Gasteiger partial charge >= 0.3 is 12.3 Å². The summed E-state index contributed by atoms with van der Waals surface area (Å²) in [5, 5.41) is 15.2. The van der Waals surface area contributed by atoms with Gasteiger partial charge in [0.15, 0.2) is 0 Å². The van der Waals surface area contributed by atoms with Crippen molar-refractivity contribution in [3.05, 3.63) is 0 Å². The molecule has 0 aliphatic rings. The number of carboxylic acid groups (broad SMARTS) is 2. The fraction of sp³-hybridized carbons (Fsp3) is 0.333. The lowest BCUT2D eigenvalue weighted by molar-refractivity contribution is 0.0802. The Hall–Kier alpha value is -0.680. The topological polar surface area (TPSA) is 83.8 Å². The molecule has 0 atom stereocenters. The number of hydrogen-bond donors (Lipinski definition) is 2. The first-order chi connectivity index (χ1) is 4.54. The molecule has 60 valence electrons. The third-order valence-corrected chi connectivity index (χ3v) is 0.175. The molecule has 5 nitrogen and oxygen atoms in total. The maximum absolute atomic E-state index is 9.21. The van der Waals surface area contributed by atoms with Gasteiger partial charge in [-0.25, -0.2) is 9.59 Å². The van der Waals surface area contributed by atoms with Gasteiger partial charge in [-0.15, -0.1) is 23.2 Å². The van der Waals surface area contributed by atoms with Gasteiger partial charge in [0.2, 0.25) is 0 Å². The molecule has 0 radical (unpaired) electrons. The summed E-state index contributed by atoms with van der Waals surface area (Å²) in [6, 6.07) is 0. The van der Waals surface area contributed by atoms with Gasteiger partial charge in [0.25, 0.3) is 0 Å². The van der Waals surface area contributed by atoms with Crippen molar-refractivity contribution in [2.75, 3.05) is 5.34 Å². The fourth-order valence-corrected chi connectivity index (χ4v) is 0.0747. The minimum Gasteiger partial charge on any atom is -0.449 e. The van der Waals surface area contributed by atoms with Crippen LogP contribution >= 0.6 is 23.2 Å². The Bertz CT molecular complexity index is 101. The lowest BCUT2D eigenvalue weighted by Crippen LogP contribution is -2.05. The maximum atomic E-state index is 9.21. The fourth-order valence-electron chi connectivity index (χ4n) is 0.0747. The molecule has 0 aromatic carbocycles. The molecule has 0 spiro atoms.